The zero-order valence-electron chi connectivity index (χ0n) is 13.6. The number of carbonyl (C=O) groups is 2. The number of aryl methyl sites for hydroxylation is 1. The Bertz CT molecular complexity index is 762. The molecular formula is C17H21N5O2. The van der Waals surface area contributed by atoms with Crippen LogP contribution in [0, 0.1) is 6.92 Å². The lowest BCUT2D eigenvalue weighted by molar-refractivity contribution is 0.0994. The van der Waals surface area contributed by atoms with Gasteiger partial charge in [0.15, 0.2) is 5.82 Å². The van der Waals surface area contributed by atoms with E-state index in [0.717, 1.165) is 37.3 Å². The van der Waals surface area contributed by atoms with E-state index in [4.69, 9.17) is 5.73 Å². The highest BCUT2D eigenvalue weighted by molar-refractivity contribution is 6.05. The van der Waals surface area contributed by atoms with Gasteiger partial charge in [0.1, 0.15) is 0 Å². The summed E-state index contributed by atoms with van der Waals surface area (Å²) in [4.78, 5) is 33.0. The minimum absolute atomic E-state index is 0.238. The Kier molecular flexibility index (Phi) is 4.50. The van der Waals surface area contributed by atoms with Crippen molar-refractivity contribution < 1.29 is 9.59 Å². The number of anilines is 2. The number of benzene rings is 1. The second kappa shape index (κ2) is 6.74. The highest BCUT2D eigenvalue weighted by atomic mass is 16.2. The number of hydrogen-bond acceptors (Lipinski definition) is 4. The summed E-state index contributed by atoms with van der Waals surface area (Å²) in [5.41, 5.74) is 8.02. The molecule has 1 aromatic heterocycles. The van der Waals surface area contributed by atoms with Gasteiger partial charge in [-0.25, -0.2) is 4.98 Å². The normalized spacial score (nSPS) is 14.5. The topological polar surface area (TPSA) is 104 Å². The summed E-state index contributed by atoms with van der Waals surface area (Å²) in [5.74, 6) is -0.630. The van der Waals surface area contributed by atoms with E-state index in [2.05, 4.69) is 20.2 Å². The Hall–Kier alpha value is -2.83. The summed E-state index contributed by atoms with van der Waals surface area (Å²) in [6, 6.07) is 5.16. The Morgan fingerprint density at radius 2 is 2.00 bits per heavy atom. The predicted octanol–water partition coefficient (Wildman–Crippen LogP) is 2.06. The van der Waals surface area contributed by atoms with Crippen LogP contribution in [0.15, 0.2) is 24.4 Å². The Morgan fingerprint density at radius 3 is 2.62 bits per heavy atom. The van der Waals surface area contributed by atoms with Gasteiger partial charge >= 0.3 is 0 Å². The van der Waals surface area contributed by atoms with E-state index in [1.165, 1.54) is 6.42 Å². The van der Waals surface area contributed by atoms with Crippen LogP contribution in [0.4, 0.5) is 11.4 Å². The number of nitrogens with one attached hydrogen (secondary N) is 2. The number of hydrogen-bond donors (Lipinski definition) is 3. The van der Waals surface area contributed by atoms with Gasteiger partial charge in [0, 0.05) is 30.5 Å². The first-order valence-corrected chi connectivity index (χ1v) is 8.06. The molecule has 2 heterocycles. The van der Waals surface area contributed by atoms with Gasteiger partial charge in [0.25, 0.3) is 5.91 Å². The van der Waals surface area contributed by atoms with Crippen molar-refractivity contribution in [2.45, 2.75) is 26.2 Å². The van der Waals surface area contributed by atoms with Crippen LogP contribution in [0.1, 0.15) is 45.9 Å². The molecule has 1 aliphatic rings. The molecule has 0 aliphatic carbocycles. The van der Waals surface area contributed by atoms with Gasteiger partial charge in [-0.15, -0.1) is 0 Å². The van der Waals surface area contributed by atoms with E-state index < -0.39 is 5.91 Å². The number of amides is 2. The van der Waals surface area contributed by atoms with Gasteiger partial charge < -0.3 is 20.9 Å². The van der Waals surface area contributed by atoms with E-state index in [1.807, 2.05) is 13.0 Å². The molecule has 0 atom stereocenters. The molecule has 3 rings (SSSR count). The van der Waals surface area contributed by atoms with Crippen molar-refractivity contribution in [2.24, 2.45) is 5.73 Å². The largest absolute Gasteiger partial charge is 0.370 e. The molecule has 4 N–H and O–H groups in total. The molecule has 0 saturated carbocycles. The third kappa shape index (κ3) is 3.40. The van der Waals surface area contributed by atoms with Crippen molar-refractivity contribution in [1.29, 1.82) is 0 Å². The molecule has 1 aromatic carbocycles. The second-order valence-corrected chi connectivity index (χ2v) is 6.01. The number of imidazole rings is 1. The van der Waals surface area contributed by atoms with E-state index in [1.54, 1.807) is 18.3 Å². The first kappa shape index (κ1) is 16.0. The molecule has 0 spiro atoms. The molecule has 1 saturated heterocycles. The van der Waals surface area contributed by atoms with Crippen LogP contribution >= 0.6 is 0 Å². The maximum Gasteiger partial charge on any atom is 0.291 e. The van der Waals surface area contributed by atoms with Gasteiger partial charge in [0.05, 0.1) is 11.4 Å². The molecule has 126 valence electrons. The van der Waals surface area contributed by atoms with Crippen LogP contribution in [-0.2, 0) is 0 Å². The fourth-order valence-corrected chi connectivity index (χ4v) is 2.91. The Morgan fingerprint density at radius 1 is 1.25 bits per heavy atom. The van der Waals surface area contributed by atoms with E-state index >= 15 is 0 Å². The molecule has 2 amide bonds. The van der Waals surface area contributed by atoms with Crippen LogP contribution < -0.4 is 16.0 Å². The van der Waals surface area contributed by atoms with Gasteiger partial charge in [-0.3, -0.25) is 9.59 Å². The predicted molar refractivity (Wildman–Crippen MR) is 92.3 cm³/mol. The molecule has 1 aliphatic heterocycles. The van der Waals surface area contributed by atoms with E-state index in [-0.39, 0.29) is 11.7 Å². The SMILES string of the molecule is Cc1cnc(C(=O)Nc2cc(C(N)=O)ccc2N2CCCCC2)[nH]1. The lowest BCUT2D eigenvalue weighted by Gasteiger charge is -2.30. The molecule has 24 heavy (non-hydrogen) atoms. The quantitative estimate of drug-likeness (QED) is 0.799. The fraction of sp³-hybridized carbons (Fsp3) is 0.353. The Labute approximate surface area is 140 Å². The number of piperidine rings is 1. The van der Waals surface area contributed by atoms with Gasteiger partial charge in [0.2, 0.25) is 5.91 Å². The lowest BCUT2D eigenvalue weighted by atomic mass is 10.1. The average Bonchev–Trinajstić information content (AvgIpc) is 3.02. The van der Waals surface area contributed by atoms with E-state index in [0.29, 0.717) is 11.3 Å². The van der Waals surface area contributed by atoms with Crippen LogP contribution in [0.5, 0.6) is 0 Å². The molecule has 0 bridgehead atoms. The number of aromatic amines is 1. The molecule has 1 fully saturated rings. The summed E-state index contributed by atoms with van der Waals surface area (Å²) >= 11 is 0. The number of nitrogens with two attached hydrogens (primary N) is 1. The minimum atomic E-state index is -0.524. The number of H-pyrrole nitrogens is 1. The molecule has 0 unspecified atom stereocenters. The number of aromatic nitrogens is 2. The van der Waals surface area contributed by atoms with Crippen molar-refractivity contribution in [1.82, 2.24) is 9.97 Å². The maximum atomic E-state index is 12.4. The molecule has 7 heteroatoms. The zero-order valence-corrected chi connectivity index (χ0v) is 13.6. The summed E-state index contributed by atoms with van der Waals surface area (Å²) in [6.07, 6.45) is 5.04. The van der Waals surface area contributed by atoms with Gasteiger partial charge in [-0.1, -0.05) is 0 Å². The van der Waals surface area contributed by atoms with E-state index in [9.17, 15) is 9.59 Å². The van der Waals surface area contributed by atoms with Crippen molar-refractivity contribution in [3.05, 3.63) is 41.5 Å². The van der Waals surface area contributed by atoms with Crippen LogP contribution in [-0.4, -0.2) is 34.9 Å². The standard InChI is InChI=1S/C17H21N5O2/c1-11-10-19-16(20-11)17(24)21-13-9-12(15(18)23)5-6-14(13)22-7-3-2-4-8-22/h5-6,9-10H,2-4,7-8H2,1H3,(H2,18,23)(H,19,20)(H,21,24). The number of primary amides is 1. The third-order valence-corrected chi connectivity index (χ3v) is 4.14. The van der Waals surface area contributed by atoms with Crippen LogP contribution in [0.2, 0.25) is 0 Å². The lowest BCUT2D eigenvalue weighted by Crippen LogP contribution is -2.30. The second-order valence-electron chi connectivity index (χ2n) is 6.01. The molecular weight excluding hydrogens is 306 g/mol. The maximum absolute atomic E-state index is 12.4. The molecule has 2 aromatic rings. The fourth-order valence-electron chi connectivity index (χ4n) is 2.91. The van der Waals surface area contributed by atoms with Gasteiger partial charge in [-0.2, -0.15) is 0 Å². The molecule has 0 radical (unpaired) electrons. The smallest absolute Gasteiger partial charge is 0.291 e. The minimum Gasteiger partial charge on any atom is -0.370 e. The Balaban J connectivity index is 1.91. The summed E-state index contributed by atoms with van der Waals surface area (Å²) in [5, 5.41) is 2.85. The highest BCUT2D eigenvalue weighted by Gasteiger charge is 2.19. The summed E-state index contributed by atoms with van der Waals surface area (Å²) < 4.78 is 0. The number of rotatable bonds is 4. The highest BCUT2D eigenvalue weighted by Crippen LogP contribution is 2.30. The van der Waals surface area contributed by atoms with Crippen molar-refractivity contribution in [2.75, 3.05) is 23.3 Å². The monoisotopic (exact) mass is 327 g/mol. The first-order chi connectivity index (χ1) is 11.5. The number of carbonyl (C=O) groups excluding carboxylic acids is 2. The summed E-state index contributed by atoms with van der Waals surface area (Å²) in [7, 11) is 0. The third-order valence-electron chi connectivity index (χ3n) is 4.14. The van der Waals surface area contributed by atoms with Crippen molar-refractivity contribution >= 4 is 23.2 Å². The number of nitrogens with zero attached hydrogens (tertiary/aromatic N) is 2. The molecule has 7 nitrogen and oxygen atoms in total. The average molecular weight is 327 g/mol. The summed E-state index contributed by atoms with van der Waals surface area (Å²) in [6.45, 7) is 3.69. The van der Waals surface area contributed by atoms with Crippen molar-refractivity contribution in [3.8, 4) is 0 Å². The van der Waals surface area contributed by atoms with Crippen LogP contribution in [0.3, 0.4) is 0 Å². The first-order valence-electron chi connectivity index (χ1n) is 8.06. The van der Waals surface area contributed by atoms with Crippen LogP contribution in [0.25, 0.3) is 0 Å². The zero-order chi connectivity index (χ0) is 17.1. The van der Waals surface area contributed by atoms with Crippen molar-refractivity contribution in [3.63, 3.8) is 0 Å². The van der Waals surface area contributed by atoms with Gasteiger partial charge in [-0.05, 0) is 44.4 Å².